The number of phenolic OH excluding ortho intramolecular Hbond substituents is 1. The average molecular weight is 266 g/mol. The molecule has 2 rings (SSSR count). The van der Waals surface area contributed by atoms with Gasteiger partial charge in [0.25, 0.3) is 0 Å². The molecule has 0 aromatic heterocycles. The van der Waals surface area contributed by atoms with E-state index in [9.17, 15) is 5.11 Å². The molecule has 0 atom stereocenters. The van der Waals surface area contributed by atoms with Gasteiger partial charge < -0.3 is 5.11 Å². The maximum atomic E-state index is 9.46. The monoisotopic (exact) mass is 265 g/mol. The molecule has 0 radical (unpaired) electrons. The zero-order valence-corrected chi connectivity index (χ0v) is 10.3. The van der Waals surface area contributed by atoms with Gasteiger partial charge in [0.1, 0.15) is 16.5 Å². The van der Waals surface area contributed by atoms with Gasteiger partial charge in [-0.15, -0.1) is 0 Å². The van der Waals surface area contributed by atoms with Crippen LogP contribution in [0.15, 0.2) is 47.5 Å². The van der Waals surface area contributed by atoms with E-state index in [1.54, 1.807) is 12.3 Å². The number of rotatable bonds is 2. The Morgan fingerprint density at radius 3 is 2.41 bits per heavy atom. The van der Waals surface area contributed by atoms with Gasteiger partial charge in [-0.3, -0.25) is 4.99 Å². The molecular formula is C13H9Cl2NO. The maximum absolute atomic E-state index is 9.46. The first-order chi connectivity index (χ1) is 8.18. The molecule has 0 saturated carbocycles. The molecule has 0 heterocycles. The Morgan fingerprint density at radius 1 is 1.00 bits per heavy atom. The normalized spacial score (nSPS) is 10.9. The summed E-state index contributed by atoms with van der Waals surface area (Å²) in [5.41, 5.74) is 1.31. The summed E-state index contributed by atoms with van der Waals surface area (Å²) in [7, 11) is 0. The van der Waals surface area contributed by atoms with Crippen LogP contribution < -0.4 is 0 Å². The van der Waals surface area contributed by atoms with Gasteiger partial charge >= 0.3 is 0 Å². The van der Waals surface area contributed by atoms with Crippen LogP contribution in [0.1, 0.15) is 5.56 Å². The first-order valence-electron chi connectivity index (χ1n) is 4.94. The summed E-state index contributed by atoms with van der Waals surface area (Å²) >= 11 is 11.9. The Bertz CT molecular complexity index is 553. The number of hydrogen-bond donors (Lipinski definition) is 1. The number of halogens is 2. The number of aliphatic imine (C=N–C) groups is 1. The van der Waals surface area contributed by atoms with Crippen LogP contribution in [0, 0.1) is 0 Å². The molecule has 0 aliphatic rings. The Kier molecular flexibility index (Phi) is 3.67. The van der Waals surface area contributed by atoms with Gasteiger partial charge in [0.15, 0.2) is 0 Å². The van der Waals surface area contributed by atoms with E-state index in [0.29, 0.717) is 10.7 Å². The average Bonchev–Trinajstić information content (AvgIpc) is 2.35. The van der Waals surface area contributed by atoms with Crippen molar-refractivity contribution >= 4 is 35.1 Å². The summed E-state index contributed by atoms with van der Waals surface area (Å²) in [4.78, 5) is 4.19. The SMILES string of the molecule is Oc1ccc(Cl)c(/N=C/c2ccccc2)c1Cl. The summed E-state index contributed by atoms with van der Waals surface area (Å²) in [5, 5.41) is 10.0. The van der Waals surface area contributed by atoms with Crippen LogP contribution in [-0.2, 0) is 0 Å². The Hall–Kier alpha value is -1.51. The van der Waals surface area contributed by atoms with Crippen molar-refractivity contribution in [1.82, 2.24) is 0 Å². The fourth-order valence-corrected chi connectivity index (χ4v) is 1.80. The Balaban J connectivity index is 2.37. The molecule has 0 aliphatic heterocycles. The van der Waals surface area contributed by atoms with Gasteiger partial charge in [0.05, 0.1) is 5.02 Å². The minimum atomic E-state index is -0.0312. The first kappa shape index (κ1) is 12.0. The number of phenols is 1. The summed E-state index contributed by atoms with van der Waals surface area (Å²) in [6.07, 6.45) is 1.65. The van der Waals surface area contributed by atoms with E-state index >= 15 is 0 Å². The molecule has 86 valence electrons. The third-order valence-electron chi connectivity index (χ3n) is 2.19. The smallest absolute Gasteiger partial charge is 0.136 e. The molecule has 0 fully saturated rings. The van der Waals surface area contributed by atoms with E-state index in [2.05, 4.69) is 4.99 Å². The number of hydrogen-bond acceptors (Lipinski definition) is 2. The number of aromatic hydroxyl groups is 1. The highest BCUT2D eigenvalue weighted by atomic mass is 35.5. The molecule has 0 bridgehead atoms. The lowest BCUT2D eigenvalue weighted by Crippen LogP contribution is -1.80. The summed E-state index contributed by atoms with van der Waals surface area (Å²) < 4.78 is 0. The molecular weight excluding hydrogens is 257 g/mol. The Labute approximate surface area is 109 Å². The molecule has 1 N–H and O–H groups in total. The highest BCUT2D eigenvalue weighted by Gasteiger charge is 2.08. The third kappa shape index (κ3) is 2.78. The standard InChI is InChI=1S/C13H9Cl2NO/c14-10-6-7-11(17)12(15)13(10)16-8-9-4-2-1-3-5-9/h1-8,17H/b16-8+. The third-order valence-corrected chi connectivity index (χ3v) is 2.87. The number of benzene rings is 2. The van der Waals surface area contributed by atoms with Gasteiger partial charge in [0, 0.05) is 6.21 Å². The lowest BCUT2D eigenvalue weighted by Gasteiger charge is -2.03. The predicted molar refractivity (Wildman–Crippen MR) is 71.8 cm³/mol. The van der Waals surface area contributed by atoms with Crippen molar-refractivity contribution in [3.05, 3.63) is 58.1 Å². The van der Waals surface area contributed by atoms with Crippen LogP contribution in [0.2, 0.25) is 10.0 Å². The van der Waals surface area contributed by atoms with E-state index in [-0.39, 0.29) is 10.8 Å². The van der Waals surface area contributed by atoms with Crippen molar-refractivity contribution < 1.29 is 5.11 Å². The lowest BCUT2D eigenvalue weighted by molar-refractivity contribution is 0.476. The fourth-order valence-electron chi connectivity index (χ4n) is 1.33. The molecule has 17 heavy (non-hydrogen) atoms. The van der Waals surface area contributed by atoms with E-state index < -0.39 is 0 Å². The van der Waals surface area contributed by atoms with E-state index in [4.69, 9.17) is 23.2 Å². The second-order valence-corrected chi connectivity index (χ2v) is 4.18. The van der Waals surface area contributed by atoms with Crippen LogP contribution in [0.3, 0.4) is 0 Å². The van der Waals surface area contributed by atoms with Crippen LogP contribution >= 0.6 is 23.2 Å². The molecule has 0 unspecified atom stereocenters. The quantitative estimate of drug-likeness (QED) is 0.800. The highest BCUT2D eigenvalue weighted by Crippen LogP contribution is 2.38. The van der Waals surface area contributed by atoms with Crippen molar-refractivity contribution in [3.63, 3.8) is 0 Å². The van der Waals surface area contributed by atoms with E-state index in [0.717, 1.165) is 5.56 Å². The minimum Gasteiger partial charge on any atom is -0.506 e. The fraction of sp³-hybridized carbons (Fsp3) is 0. The largest absolute Gasteiger partial charge is 0.506 e. The van der Waals surface area contributed by atoms with E-state index in [1.165, 1.54) is 6.07 Å². The summed E-state index contributed by atoms with van der Waals surface area (Å²) in [6, 6.07) is 12.6. The first-order valence-corrected chi connectivity index (χ1v) is 5.70. The molecule has 2 nitrogen and oxygen atoms in total. The maximum Gasteiger partial charge on any atom is 0.136 e. The predicted octanol–water partition coefficient (Wildman–Crippen LogP) is 4.45. The second-order valence-electron chi connectivity index (χ2n) is 3.40. The van der Waals surface area contributed by atoms with Crippen LogP contribution in [-0.4, -0.2) is 11.3 Å². The van der Waals surface area contributed by atoms with Crippen molar-refractivity contribution in [2.75, 3.05) is 0 Å². The van der Waals surface area contributed by atoms with Gasteiger partial charge in [-0.05, 0) is 17.7 Å². The summed E-state index contributed by atoms with van der Waals surface area (Å²) in [6.45, 7) is 0. The topological polar surface area (TPSA) is 32.6 Å². The zero-order chi connectivity index (χ0) is 12.3. The lowest BCUT2D eigenvalue weighted by atomic mass is 10.2. The molecule has 2 aromatic carbocycles. The molecule has 2 aromatic rings. The molecule has 0 spiro atoms. The van der Waals surface area contributed by atoms with Crippen molar-refractivity contribution in [2.24, 2.45) is 4.99 Å². The molecule has 0 saturated heterocycles. The molecule has 0 aliphatic carbocycles. The zero-order valence-electron chi connectivity index (χ0n) is 8.77. The summed E-state index contributed by atoms with van der Waals surface area (Å²) in [5.74, 6) is -0.0312. The molecule has 4 heteroatoms. The van der Waals surface area contributed by atoms with Crippen molar-refractivity contribution in [3.8, 4) is 5.75 Å². The minimum absolute atomic E-state index is 0.0312. The highest BCUT2D eigenvalue weighted by molar-refractivity contribution is 6.39. The van der Waals surface area contributed by atoms with Crippen LogP contribution in [0.4, 0.5) is 5.69 Å². The van der Waals surface area contributed by atoms with Gasteiger partial charge in [-0.25, -0.2) is 0 Å². The van der Waals surface area contributed by atoms with Gasteiger partial charge in [-0.2, -0.15) is 0 Å². The Morgan fingerprint density at radius 2 is 1.71 bits per heavy atom. The van der Waals surface area contributed by atoms with Crippen molar-refractivity contribution in [2.45, 2.75) is 0 Å². The number of nitrogens with zero attached hydrogens (tertiary/aromatic N) is 1. The van der Waals surface area contributed by atoms with Gasteiger partial charge in [0.2, 0.25) is 0 Å². The van der Waals surface area contributed by atoms with Crippen LogP contribution in [0.5, 0.6) is 5.75 Å². The van der Waals surface area contributed by atoms with Crippen molar-refractivity contribution in [1.29, 1.82) is 0 Å². The van der Waals surface area contributed by atoms with Gasteiger partial charge in [-0.1, -0.05) is 53.5 Å². The second kappa shape index (κ2) is 5.21. The van der Waals surface area contributed by atoms with E-state index in [1.807, 2.05) is 30.3 Å². The molecule has 0 amide bonds. The van der Waals surface area contributed by atoms with Crippen LogP contribution in [0.25, 0.3) is 0 Å².